The van der Waals surface area contributed by atoms with Gasteiger partial charge in [-0.25, -0.2) is 0 Å². The van der Waals surface area contributed by atoms with E-state index in [2.05, 4.69) is 15.9 Å². The first-order chi connectivity index (χ1) is 11.2. The first kappa shape index (κ1) is 14.0. The number of fused-ring (bicyclic) bond motifs is 3. The maximum atomic E-state index is 11.5. The minimum absolute atomic E-state index is 0.233. The molecule has 1 aromatic heterocycles. The Labute approximate surface area is 139 Å². The summed E-state index contributed by atoms with van der Waals surface area (Å²) in [4.78, 5) is 11.0. The number of halogens is 1. The first-order valence-electron chi connectivity index (χ1n) is 7.00. The fraction of sp³-hybridized carbons (Fsp3) is 0. The molecule has 0 aliphatic rings. The molecule has 1 heterocycles. The zero-order valence-electron chi connectivity index (χ0n) is 11.8. The van der Waals surface area contributed by atoms with Crippen LogP contribution in [-0.2, 0) is 0 Å². The van der Waals surface area contributed by atoms with E-state index < -0.39 is 4.92 Å². The quantitative estimate of drug-likeness (QED) is 0.326. The minimum Gasteiger partial charge on any atom is -0.400 e. The van der Waals surface area contributed by atoms with Crippen molar-refractivity contribution in [3.05, 3.63) is 75.3 Å². The van der Waals surface area contributed by atoms with Crippen LogP contribution in [0.25, 0.3) is 32.9 Å². The van der Waals surface area contributed by atoms with Crippen LogP contribution in [0.2, 0.25) is 0 Å². The van der Waals surface area contributed by atoms with Crippen molar-refractivity contribution in [2.24, 2.45) is 0 Å². The fourth-order valence-electron chi connectivity index (χ4n) is 2.90. The first-order valence-corrected chi connectivity index (χ1v) is 7.79. The van der Waals surface area contributed by atoms with Gasteiger partial charge < -0.3 is 4.42 Å². The molecule has 0 spiro atoms. The Morgan fingerprint density at radius 1 is 0.957 bits per heavy atom. The van der Waals surface area contributed by atoms with Crippen molar-refractivity contribution in [1.82, 2.24) is 0 Å². The van der Waals surface area contributed by atoms with E-state index in [4.69, 9.17) is 4.42 Å². The van der Waals surface area contributed by atoms with Crippen molar-refractivity contribution in [3.8, 4) is 11.1 Å². The summed E-state index contributed by atoms with van der Waals surface area (Å²) in [6.07, 6.45) is 0. The third kappa shape index (κ3) is 2.12. The van der Waals surface area contributed by atoms with Crippen LogP contribution in [0.15, 0.2) is 69.6 Å². The van der Waals surface area contributed by atoms with Gasteiger partial charge in [-0.05, 0) is 22.9 Å². The van der Waals surface area contributed by atoms with Gasteiger partial charge in [0.15, 0.2) is 0 Å². The number of rotatable bonds is 2. The monoisotopic (exact) mass is 367 g/mol. The van der Waals surface area contributed by atoms with Gasteiger partial charge in [-0.15, -0.1) is 0 Å². The van der Waals surface area contributed by atoms with E-state index in [0.717, 1.165) is 26.2 Å². The summed E-state index contributed by atoms with van der Waals surface area (Å²) in [6, 6.07) is 18.9. The van der Waals surface area contributed by atoms with Crippen molar-refractivity contribution in [2.45, 2.75) is 0 Å². The molecule has 4 aromatic rings. The Hall–Kier alpha value is -2.66. The highest BCUT2D eigenvalue weighted by molar-refractivity contribution is 9.10. The number of hydrogen-bond donors (Lipinski definition) is 0. The summed E-state index contributed by atoms with van der Waals surface area (Å²) in [5.74, 6) is -0.233. The minimum atomic E-state index is -0.469. The highest BCUT2D eigenvalue weighted by Crippen LogP contribution is 2.45. The van der Waals surface area contributed by atoms with E-state index in [1.165, 1.54) is 0 Å². The van der Waals surface area contributed by atoms with Gasteiger partial charge in [0.2, 0.25) is 0 Å². The Balaban J connectivity index is 2.24. The second kappa shape index (κ2) is 5.21. The maximum Gasteiger partial charge on any atom is 0.442 e. The van der Waals surface area contributed by atoms with Gasteiger partial charge in [0.05, 0.1) is 0 Å². The van der Waals surface area contributed by atoms with E-state index in [9.17, 15) is 10.1 Å². The molecule has 4 rings (SSSR count). The Morgan fingerprint density at radius 3 is 2.48 bits per heavy atom. The van der Waals surface area contributed by atoms with E-state index in [-0.39, 0.29) is 5.88 Å². The lowest BCUT2D eigenvalue weighted by Crippen LogP contribution is -1.89. The summed E-state index contributed by atoms with van der Waals surface area (Å²) >= 11 is 3.49. The van der Waals surface area contributed by atoms with Crippen LogP contribution in [0.1, 0.15) is 0 Å². The van der Waals surface area contributed by atoms with Crippen LogP contribution in [0.5, 0.6) is 0 Å². The number of nitro groups is 1. The zero-order valence-corrected chi connectivity index (χ0v) is 13.4. The van der Waals surface area contributed by atoms with Crippen LogP contribution in [0.3, 0.4) is 0 Å². The van der Waals surface area contributed by atoms with E-state index in [1.54, 1.807) is 6.07 Å². The summed E-state index contributed by atoms with van der Waals surface area (Å²) < 4.78 is 6.35. The molecule has 0 saturated carbocycles. The molecular formula is C18H10BrNO3. The molecule has 3 aromatic carbocycles. The topological polar surface area (TPSA) is 56.3 Å². The maximum absolute atomic E-state index is 11.5. The molecule has 112 valence electrons. The largest absolute Gasteiger partial charge is 0.442 e. The molecular weight excluding hydrogens is 358 g/mol. The molecule has 0 fully saturated rings. The smallest absolute Gasteiger partial charge is 0.400 e. The molecule has 0 amide bonds. The SMILES string of the molecule is O=[N+]([O-])c1oc2ccc3ccccc3c2c1-c1ccccc1Br. The van der Waals surface area contributed by atoms with Crippen molar-refractivity contribution in [1.29, 1.82) is 0 Å². The predicted molar refractivity (Wildman–Crippen MR) is 93.5 cm³/mol. The lowest BCUT2D eigenvalue weighted by atomic mass is 9.99. The molecule has 0 aliphatic heterocycles. The predicted octanol–water partition coefficient (Wildman–Crippen LogP) is 5.92. The zero-order chi connectivity index (χ0) is 16.0. The van der Waals surface area contributed by atoms with Gasteiger partial charge in [-0.3, -0.25) is 10.1 Å². The molecule has 23 heavy (non-hydrogen) atoms. The molecule has 0 N–H and O–H groups in total. The standard InChI is InChI=1S/C18H10BrNO3/c19-14-8-4-3-7-13(14)17-16-12-6-2-1-5-11(12)9-10-15(16)23-18(17)20(21)22/h1-10H. The summed E-state index contributed by atoms with van der Waals surface area (Å²) in [7, 11) is 0. The number of benzene rings is 3. The van der Waals surface area contributed by atoms with Crippen LogP contribution in [0.4, 0.5) is 5.88 Å². The van der Waals surface area contributed by atoms with Gasteiger partial charge in [-0.2, -0.15) is 0 Å². The highest BCUT2D eigenvalue weighted by Gasteiger charge is 2.27. The van der Waals surface area contributed by atoms with Gasteiger partial charge >= 0.3 is 5.88 Å². The second-order valence-corrected chi connectivity index (χ2v) is 6.03. The van der Waals surface area contributed by atoms with E-state index >= 15 is 0 Å². The highest BCUT2D eigenvalue weighted by atomic mass is 79.9. The normalized spacial score (nSPS) is 11.2. The summed E-state index contributed by atoms with van der Waals surface area (Å²) in [5.41, 5.74) is 1.77. The third-order valence-electron chi connectivity index (χ3n) is 3.87. The lowest BCUT2D eigenvalue weighted by molar-refractivity contribution is -0.400. The Bertz CT molecular complexity index is 1070. The molecule has 5 heteroatoms. The van der Waals surface area contributed by atoms with Crippen molar-refractivity contribution < 1.29 is 9.34 Å². The lowest BCUT2D eigenvalue weighted by Gasteiger charge is -2.04. The molecule has 4 nitrogen and oxygen atoms in total. The van der Waals surface area contributed by atoms with Crippen LogP contribution < -0.4 is 0 Å². The third-order valence-corrected chi connectivity index (χ3v) is 4.56. The molecule has 0 saturated heterocycles. The van der Waals surface area contributed by atoms with Crippen LogP contribution >= 0.6 is 15.9 Å². The summed E-state index contributed by atoms with van der Waals surface area (Å²) in [6.45, 7) is 0. The number of hydrogen-bond acceptors (Lipinski definition) is 3. The van der Waals surface area contributed by atoms with Gasteiger partial charge in [0.25, 0.3) is 0 Å². The average Bonchev–Trinajstić information content (AvgIpc) is 2.95. The summed E-state index contributed by atoms with van der Waals surface area (Å²) in [5, 5.41) is 14.2. The molecule has 0 atom stereocenters. The van der Waals surface area contributed by atoms with Crippen molar-refractivity contribution in [3.63, 3.8) is 0 Å². The van der Waals surface area contributed by atoms with Gasteiger partial charge in [-0.1, -0.05) is 64.5 Å². The van der Waals surface area contributed by atoms with Gasteiger partial charge in [0.1, 0.15) is 16.1 Å². The number of nitrogens with zero attached hydrogens (tertiary/aromatic N) is 1. The Morgan fingerprint density at radius 2 is 1.70 bits per heavy atom. The van der Waals surface area contributed by atoms with Gasteiger partial charge in [0, 0.05) is 15.4 Å². The fourth-order valence-corrected chi connectivity index (χ4v) is 3.38. The molecule has 0 radical (unpaired) electrons. The van der Waals surface area contributed by atoms with Crippen LogP contribution in [0, 0.1) is 10.1 Å². The van der Waals surface area contributed by atoms with Crippen molar-refractivity contribution in [2.75, 3.05) is 0 Å². The molecule has 0 bridgehead atoms. The van der Waals surface area contributed by atoms with E-state index in [0.29, 0.717) is 11.1 Å². The van der Waals surface area contributed by atoms with E-state index in [1.807, 2.05) is 54.6 Å². The van der Waals surface area contributed by atoms with Crippen molar-refractivity contribution >= 4 is 43.6 Å². The van der Waals surface area contributed by atoms with Crippen LogP contribution in [-0.4, -0.2) is 4.92 Å². The number of furan rings is 1. The average molecular weight is 368 g/mol. The molecule has 0 aliphatic carbocycles. The Kier molecular flexibility index (Phi) is 3.16. The molecule has 0 unspecified atom stereocenters. The second-order valence-electron chi connectivity index (χ2n) is 5.18.